The molecule has 1 aromatic heterocycles. The lowest BCUT2D eigenvalue weighted by atomic mass is 9.83. The van der Waals surface area contributed by atoms with Crippen molar-refractivity contribution < 1.29 is 9.84 Å². The smallest absolute Gasteiger partial charge is 0.127 e. The SMILES string of the molecule is Cc1c(C)c2c(c(C)c1O)[C@H](Cn1ccc(-c3cccc4c3NCC4)n1)C(C)(C)O2. The van der Waals surface area contributed by atoms with Gasteiger partial charge in [-0.1, -0.05) is 18.2 Å². The highest BCUT2D eigenvalue weighted by atomic mass is 16.5. The van der Waals surface area contributed by atoms with Crippen molar-refractivity contribution in [2.75, 3.05) is 11.9 Å². The van der Waals surface area contributed by atoms with Gasteiger partial charge in [-0.25, -0.2) is 0 Å². The molecular formula is C25H29N3O2. The Hall–Kier alpha value is -2.95. The zero-order chi connectivity index (χ0) is 21.2. The van der Waals surface area contributed by atoms with Crippen LogP contribution in [0.25, 0.3) is 11.3 Å². The Kier molecular flexibility index (Phi) is 4.14. The van der Waals surface area contributed by atoms with E-state index in [1.165, 1.54) is 11.3 Å². The second-order valence-corrected chi connectivity index (χ2v) is 9.16. The monoisotopic (exact) mass is 403 g/mol. The number of aromatic nitrogens is 2. The number of para-hydroxylation sites is 1. The molecule has 1 atom stereocenters. The first kappa shape index (κ1) is 19.0. The molecular weight excluding hydrogens is 374 g/mol. The van der Waals surface area contributed by atoms with Crippen molar-refractivity contribution in [3.63, 3.8) is 0 Å². The Bertz CT molecular complexity index is 1160. The lowest BCUT2D eigenvalue weighted by molar-refractivity contribution is 0.101. The molecule has 5 rings (SSSR count). The molecule has 0 spiro atoms. The quantitative estimate of drug-likeness (QED) is 0.638. The number of nitrogens with zero attached hydrogens (tertiary/aromatic N) is 2. The van der Waals surface area contributed by atoms with Crippen molar-refractivity contribution in [1.29, 1.82) is 0 Å². The predicted octanol–water partition coefficient (Wildman–Crippen LogP) is 5.10. The molecule has 3 heterocycles. The average Bonchev–Trinajstić information content (AvgIpc) is 3.43. The van der Waals surface area contributed by atoms with Crippen LogP contribution in [0.15, 0.2) is 30.5 Å². The average molecular weight is 404 g/mol. The molecule has 0 aliphatic carbocycles. The zero-order valence-corrected chi connectivity index (χ0v) is 18.3. The van der Waals surface area contributed by atoms with Gasteiger partial charge in [0, 0.05) is 35.5 Å². The van der Waals surface area contributed by atoms with E-state index in [1.54, 1.807) is 0 Å². The van der Waals surface area contributed by atoms with Gasteiger partial charge in [0.2, 0.25) is 0 Å². The highest BCUT2D eigenvalue weighted by molar-refractivity contribution is 5.79. The van der Waals surface area contributed by atoms with E-state index in [1.807, 2.05) is 31.6 Å². The molecule has 156 valence electrons. The van der Waals surface area contributed by atoms with Crippen LogP contribution in [0, 0.1) is 20.8 Å². The van der Waals surface area contributed by atoms with Crippen LogP contribution in [0.3, 0.4) is 0 Å². The number of benzene rings is 2. The number of phenols is 1. The predicted molar refractivity (Wildman–Crippen MR) is 120 cm³/mol. The molecule has 0 fully saturated rings. The molecule has 2 N–H and O–H groups in total. The molecule has 3 aromatic rings. The summed E-state index contributed by atoms with van der Waals surface area (Å²) >= 11 is 0. The molecule has 30 heavy (non-hydrogen) atoms. The molecule has 0 saturated heterocycles. The summed E-state index contributed by atoms with van der Waals surface area (Å²) < 4.78 is 8.43. The van der Waals surface area contributed by atoms with Crippen LogP contribution >= 0.6 is 0 Å². The molecule has 2 aromatic carbocycles. The van der Waals surface area contributed by atoms with Gasteiger partial charge in [-0.15, -0.1) is 0 Å². The van der Waals surface area contributed by atoms with Crippen LogP contribution in [-0.2, 0) is 13.0 Å². The van der Waals surface area contributed by atoms with E-state index in [2.05, 4.69) is 43.4 Å². The third kappa shape index (κ3) is 2.72. The van der Waals surface area contributed by atoms with Crippen LogP contribution in [0.2, 0.25) is 0 Å². The summed E-state index contributed by atoms with van der Waals surface area (Å²) in [7, 11) is 0. The van der Waals surface area contributed by atoms with E-state index in [0.717, 1.165) is 52.2 Å². The van der Waals surface area contributed by atoms with Gasteiger partial charge in [0.15, 0.2) is 0 Å². The fraction of sp³-hybridized carbons (Fsp3) is 0.400. The summed E-state index contributed by atoms with van der Waals surface area (Å²) in [6.07, 6.45) is 3.11. The normalized spacial score (nSPS) is 18.6. The van der Waals surface area contributed by atoms with E-state index >= 15 is 0 Å². The first-order valence-electron chi connectivity index (χ1n) is 10.7. The highest BCUT2D eigenvalue weighted by Crippen LogP contribution is 2.52. The van der Waals surface area contributed by atoms with Crippen LogP contribution in [0.4, 0.5) is 5.69 Å². The second-order valence-electron chi connectivity index (χ2n) is 9.16. The van der Waals surface area contributed by atoms with Crippen molar-refractivity contribution in [2.24, 2.45) is 0 Å². The molecule has 0 bridgehead atoms. The van der Waals surface area contributed by atoms with Gasteiger partial charge in [0.05, 0.1) is 12.2 Å². The number of fused-ring (bicyclic) bond motifs is 2. The van der Waals surface area contributed by atoms with Gasteiger partial charge in [-0.2, -0.15) is 5.10 Å². The summed E-state index contributed by atoms with van der Waals surface area (Å²) in [6.45, 7) is 11.9. The second kappa shape index (κ2) is 6.53. The number of ether oxygens (including phenoxy) is 1. The Balaban J connectivity index is 1.52. The first-order chi connectivity index (χ1) is 14.3. The molecule has 5 nitrogen and oxygen atoms in total. The minimum Gasteiger partial charge on any atom is -0.507 e. The van der Waals surface area contributed by atoms with Crippen LogP contribution < -0.4 is 10.1 Å². The molecule has 0 radical (unpaired) electrons. The fourth-order valence-corrected chi connectivity index (χ4v) is 5.02. The van der Waals surface area contributed by atoms with Crippen molar-refractivity contribution in [3.05, 3.63) is 58.3 Å². The lowest BCUT2D eigenvalue weighted by Crippen LogP contribution is -2.33. The van der Waals surface area contributed by atoms with Crippen LogP contribution in [0.1, 0.15) is 47.6 Å². The molecule has 2 aliphatic rings. The standard InChI is InChI=1S/C25H29N3O2/c1-14-15(2)24-21(16(3)23(14)29)19(25(4,5)30-24)13-28-12-10-20(27-28)18-8-6-7-17-9-11-26-22(17)18/h6-8,10,12,19,26,29H,9,11,13H2,1-5H3/t19-/m0/s1. The number of aromatic hydroxyl groups is 1. The fourth-order valence-electron chi connectivity index (χ4n) is 5.02. The van der Waals surface area contributed by atoms with Crippen molar-refractivity contribution >= 4 is 5.69 Å². The maximum atomic E-state index is 10.7. The Morgan fingerprint density at radius 1 is 1.17 bits per heavy atom. The summed E-state index contributed by atoms with van der Waals surface area (Å²) in [5.74, 6) is 1.41. The van der Waals surface area contributed by atoms with Crippen LogP contribution in [0.5, 0.6) is 11.5 Å². The number of anilines is 1. The van der Waals surface area contributed by atoms with E-state index in [-0.39, 0.29) is 11.5 Å². The third-order valence-electron chi connectivity index (χ3n) is 6.95. The number of hydrogen-bond acceptors (Lipinski definition) is 4. The van der Waals surface area contributed by atoms with Gasteiger partial charge in [0.25, 0.3) is 0 Å². The molecule has 5 heteroatoms. The number of nitrogens with one attached hydrogen (secondary N) is 1. The maximum Gasteiger partial charge on any atom is 0.127 e. The van der Waals surface area contributed by atoms with Crippen molar-refractivity contribution in [1.82, 2.24) is 9.78 Å². The largest absolute Gasteiger partial charge is 0.507 e. The molecule has 0 amide bonds. The zero-order valence-electron chi connectivity index (χ0n) is 18.3. The lowest BCUT2D eigenvalue weighted by Gasteiger charge is -2.26. The van der Waals surface area contributed by atoms with E-state index in [0.29, 0.717) is 12.3 Å². The van der Waals surface area contributed by atoms with E-state index in [9.17, 15) is 5.11 Å². The van der Waals surface area contributed by atoms with Gasteiger partial charge in [-0.3, -0.25) is 4.68 Å². The summed E-state index contributed by atoms with van der Waals surface area (Å²) in [5, 5.41) is 19.1. The third-order valence-corrected chi connectivity index (χ3v) is 6.95. The minimum absolute atomic E-state index is 0.102. The summed E-state index contributed by atoms with van der Waals surface area (Å²) in [6, 6.07) is 8.52. The van der Waals surface area contributed by atoms with E-state index < -0.39 is 0 Å². The summed E-state index contributed by atoms with van der Waals surface area (Å²) in [4.78, 5) is 0. The summed E-state index contributed by atoms with van der Waals surface area (Å²) in [5.41, 5.74) is 8.29. The highest BCUT2D eigenvalue weighted by Gasteiger charge is 2.44. The molecule has 2 aliphatic heterocycles. The number of hydrogen-bond donors (Lipinski definition) is 2. The first-order valence-corrected chi connectivity index (χ1v) is 10.7. The van der Waals surface area contributed by atoms with Gasteiger partial charge >= 0.3 is 0 Å². The molecule has 0 unspecified atom stereocenters. The molecule has 0 saturated carbocycles. The van der Waals surface area contributed by atoms with Gasteiger partial charge in [-0.05, 0) is 69.4 Å². The Labute approximate surface area is 177 Å². The minimum atomic E-state index is -0.375. The van der Waals surface area contributed by atoms with Crippen LogP contribution in [-0.4, -0.2) is 27.0 Å². The Morgan fingerprint density at radius 2 is 1.97 bits per heavy atom. The van der Waals surface area contributed by atoms with Gasteiger partial charge < -0.3 is 15.2 Å². The number of rotatable bonds is 3. The van der Waals surface area contributed by atoms with Gasteiger partial charge in [0.1, 0.15) is 17.1 Å². The van der Waals surface area contributed by atoms with Crippen molar-refractivity contribution in [2.45, 2.75) is 59.1 Å². The topological polar surface area (TPSA) is 59.3 Å². The van der Waals surface area contributed by atoms with Crippen molar-refractivity contribution in [3.8, 4) is 22.8 Å². The van der Waals surface area contributed by atoms with E-state index in [4.69, 9.17) is 9.84 Å². The Morgan fingerprint density at radius 3 is 2.77 bits per heavy atom. The maximum absolute atomic E-state index is 10.7. The number of phenolic OH excluding ortho intramolecular Hbond substituents is 1.